The maximum atomic E-state index is 5.37. The quantitative estimate of drug-likeness (QED) is 0.515. The zero-order valence-corrected chi connectivity index (χ0v) is 10.8. The molecule has 0 aromatic carbocycles. The van der Waals surface area contributed by atoms with Crippen LogP contribution >= 0.6 is 0 Å². The minimum Gasteiger partial charge on any atom is -0.662 e. The van der Waals surface area contributed by atoms with Crippen LogP contribution in [-0.2, 0) is 21.1 Å². The van der Waals surface area contributed by atoms with Crippen LogP contribution in [0.2, 0.25) is 6.32 Å². The Morgan fingerprint density at radius 2 is 1.92 bits per heavy atom. The van der Waals surface area contributed by atoms with Crippen molar-refractivity contribution in [1.29, 1.82) is 0 Å². The monoisotopic (exact) mass is 339 g/mol. The van der Waals surface area contributed by atoms with E-state index < -0.39 is 0 Å². The van der Waals surface area contributed by atoms with E-state index in [4.69, 9.17) is 7.85 Å². The van der Waals surface area contributed by atoms with E-state index in [1.54, 1.807) is 0 Å². The fourth-order valence-electron chi connectivity index (χ4n) is 0.831. The molecule has 72 valence electrons. The molecule has 1 unspecified atom stereocenters. The number of hydrogen-bond acceptors (Lipinski definition) is 0. The molecule has 0 N–H and O–H groups in total. The predicted molar refractivity (Wildman–Crippen MR) is 56.3 cm³/mol. The topological polar surface area (TPSA) is 14.1 Å². The molecule has 1 aliphatic rings. The van der Waals surface area contributed by atoms with Gasteiger partial charge in [0, 0.05) is 0 Å². The predicted octanol–water partition coefficient (Wildman–Crippen LogP) is 3.08. The third kappa shape index (κ3) is 10.7. The third-order valence-electron chi connectivity index (χ3n) is 1.42. The fraction of sp³-hybridized carbons (Fsp3) is 0.889. The number of rotatable bonds is 1. The molecule has 0 spiro atoms. The maximum absolute atomic E-state index is 5.37. The van der Waals surface area contributed by atoms with Crippen LogP contribution in [0.15, 0.2) is 0 Å². The standard InChI is InChI=1S/C5H9BN.C2H6.CH4.CH3.W/c6-3-5-1-2-7-4-5;1-2;;;/h5H,1-4H2;1-2H3;1H4;1H3;/q-1;;;-1;+2. The molecule has 12 heavy (non-hydrogen) atoms. The molecule has 1 rings (SSSR count). The Bertz CT molecular complexity index is 56.5. The summed E-state index contributed by atoms with van der Waals surface area (Å²) in [6.45, 7) is 6.05. The zero-order valence-electron chi connectivity index (χ0n) is 7.84. The first-order chi connectivity index (χ1) is 4.43. The van der Waals surface area contributed by atoms with Crippen molar-refractivity contribution in [3.05, 3.63) is 12.7 Å². The van der Waals surface area contributed by atoms with Crippen molar-refractivity contribution < 1.29 is 21.1 Å². The van der Waals surface area contributed by atoms with Gasteiger partial charge in [-0.15, -0.1) is 13.1 Å². The van der Waals surface area contributed by atoms with E-state index in [9.17, 15) is 0 Å². The minimum absolute atomic E-state index is 0. The normalized spacial score (nSPS) is 18.7. The van der Waals surface area contributed by atoms with Crippen LogP contribution in [0.25, 0.3) is 5.32 Å². The summed E-state index contributed by atoms with van der Waals surface area (Å²) in [4.78, 5) is 0. The molecule has 1 heterocycles. The SMILES string of the molecule is C.CC.[B]CC1CC[N-]C1.[CH3-].[W+2]. The molecule has 0 bridgehead atoms. The smallest absolute Gasteiger partial charge is 0.662 e. The van der Waals surface area contributed by atoms with E-state index in [0.717, 1.165) is 19.4 Å². The van der Waals surface area contributed by atoms with Gasteiger partial charge >= 0.3 is 21.1 Å². The van der Waals surface area contributed by atoms with Gasteiger partial charge in [0.15, 0.2) is 0 Å². The van der Waals surface area contributed by atoms with Crippen LogP contribution in [-0.4, -0.2) is 20.9 Å². The van der Waals surface area contributed by atoms with E-state index >= 15 is 0 Å². The Hall–Kier alpha value is 0.713. The van der Waals surface area contributed by atoms with Gasteiger partial charge in [-0.25, -0.2) is 0 Å². The number of nitrogens with zero attached hydrogens (tertiary/aromatic N) is 1. The fourth-order valence-corrected chi connectivity index (χ4v) is 0.831. The molecule has 0 aliphatic carbocycles. The Morgan fingerprint density at radius 3 is 2.08 bits per heavy atom. The van der Waals surface area contributed by atoms with Gasteiger partial charge in [0.2, 0.25) is 0 Å². The maximum Gasteiger partial charge on any atom is 2.00 e. The molecule has 0 saturated carbocycles. The first kappa shape index (κ1) is 23.0. The summed E-state index contributed by atoms with van der Waals surface area (Å²) in [6.07, 6.45) is 2.04. The van der Waals surface area contributed by atoms with Gasteiger partial charge in [0.1, 0.15) is 0 Å². The Balaban J connectivity index is -0.0000000600. The van der Waals surface area contributed by atoms with E-state index in [1.807, 2.05) is 13.8 Å². The molecule has 0 aromatic rings. The molecule has 1 atom stereocenters. The second-order valence-electron chi connectivity index (χ2n) is 2.02. The van der Waals surface area contributed by atoms with Crippen LogP contribution in [0.4, 0.5) is 0 Å². The molecule has 1 nitrogen and oxygen atoms in total. The first-order valence-electron chi connectivity index (χ1n) is 3.77. The van der Waals surface area contributed by atoms with E-state index in [0.29, 0.717) is 5.92 Å². The van der Waals surface area contributed by atoms with Crippen molar-refractivity contribution in [2.75, 3.05) is 13.1 Å². The van der Waals surface area contributed by atoms with Crippen LogP contribution in [0.1, 0.15) is 27.7 Å². The minimum atomic E-state index is 0. The second kappa shape index (κ2) is 17.7. The van der Waals surface area contributed by atoms with Crippen molar-refractivity contribution in [1.82, 2.24) is 0 Å². The van der Waals surface area contributed by atoms with Crippen molar-refractivity contribution in [2.24, 2.45) is 5.92 Å². The van der Waals surface area contributed by atoms with Crippen molar-refractivity contribution in [2.45, 2.75) is 34.0 Å². The van der Waals surface area contributed by atoms with Gasteiger partial charge in [-0.1, -0.05) is 39.9 Å². The van der Waals surface area contributed by atoms with Gasteiger partial charge in [0.25, 0.3) is 0 Å². The Labute approximate surface area is 94.8 Å². The molecule has 1 aliphatic heterocycles. The molecule has 1 saturated heterocycles. The van der Waals surface area contributed by atoms with Gasteiger partial charge < -0.3 is 12.7 Å². The summed E-state index contributed by atoms with van der Waals surface area (Å²) < 4.78 is 0. The van der Waals surface area contributed by atoms with Crippen molar-refractivity contribution in [3.63, 3.8) is 0 Å². The number of hydrogen-bond donors (Lipinski definition) is 0. The average Bonchev–Trinajstić information content (AvgIpc) is 2.43. The third-order valence-corrected chi connectivity index (χ3v) is 1.42. The van der Waals surface area contributed by atoms with Crippen LogP contribution < -0.4 is 0 Å². The molecular weight excluding hydrogens is 317 g/mol. The van der Waals surface area contributed by atoms with Gasteiger partial charge in [0.05, 0.1) is 7.85 Å². The molecule has 2 radical (unpaired) electrons. The van der Waals surface area contributed by atoms with Crippen LogP contribution in [0, 0.1) is 13.3 Å². The summed E-state index contributed by atoms with van der Waals surface area (Å²) in [5, 5.41) is 4.16. The average molecular weight is 339 g/mol. The summed E-state index contributed by atoms with van der Waals surface area (Å²) in [5.74, 6) is 0.708. The van der Waals surface area contributed by atoms with Gasteiger partial charge in [-0.05, 0) is 0 Å². The molecule has 3 heteroatoms. The van der Waals surface area contributed by atoms with Gasteiger partial charge in [-0.3, -0.25) is 0 Å². The summed E-state index contributed by atoms with van der Waals surface area (Å²) in [7, 11) is 5.37. The van der Waals surface area contributed by atoms with Crippen molar-refractivity contribution in [3.8, 4) is 0 Å². The van der Waals surface area contributed by atoms with E-state index in [2.05, 4.69) is 5.32 Å². The van der Waals surface area contributed by atoms with Crippen molar-refractivity contribution >= 4 is 7.85 Å². The summed E-state index contributed by atoms with van der Waals surface area (Å²) >= 11 is 0. The van der Waals surface area contributed by atoms with Crippen LogP contribution in [0.3, 0.4) is 0 Å². The summed E-state index contributed by atoms with van der Waals surface area (Å²) in [5.41, 5.74) is 0. The van der Waals surface area contributed by atoms with Crippen LogP contribution in [0.5, 0.6) is 0 Å². The van der Waals surface area contributed by atoms with E-state index in [1.165, 1.54) is 6.42 Å². The Kier molecular flexibility index (Phi) is 33.9. The Morgan fingerprint density at radius 1 is 1.42 bits per heavy atom. The molecule has 1 fully saturated rings. The first-order valence-corrected chi connectivity index (χ1v) is 3.77. The van der Waals surface area contributed by atoms with Gasteiger partial charge in [-0.2, -0.15) is 0 Å². The molecular formula is C9H22BNW. The molecule has 0 amide bonds. The summed E-state index contributed by atoms with van der Waals surface area (Å²) in [6, 6.07) is 0. The zero-order chi connectivity index (χ0) is 7.11. The second-order valence-corrected chi connectivity index (χ2v) is 2.02. The largest absolute Gasteiger partial charge is 2.00 e. The molecule has 0 aromatic heterocycles. The van der Waals surface area contributed by atoms with E-state index in [-0.39, 0.29) is 35.9 Å².